The molecule has 0 radical (unpaired) electrons. The molecule has 0 N–H and O–H groups in total. The molecule has 3 aromatic carbocycles. The lowest BCUT2D eigenvalue weighted by molar-refractivity contribution is -0.139. The third-order valence-corrected chi connectivity index (χ3v) is 8.64. The Hall–Kier alpha value is -3.47. The number of ether oxygens (including phenoxy) is 3. The van der Waals surface area contributed by atoms with Crippen LogP contribution in [0.15, 0.2) is 96.7 Å². The van der Waals surface area contributed by atoms with Gasteiger partial charge >= 0.3 is 5.97 Å². The van der Waals surface area contributed by atoms with Gasteiger partial charge < -0.3 is 14.2 Å². The van der Waals surface area contributed by atoms with Gasteiger partial charge in [-0.25, -0.2) is 9.79 Å². The molecule has 0 saturated heterocycles. The van der Waals surface area contributed by atoms with Crippen molar-refractivity contribution in [2.45, 2.75) is 26.5 Å². The van der Waals surface area contributed by atoms with E-state index in [2.05, 4.69) is 36.9 Å². The Bertz CT molecular complexity index is 1810. The first-order chi connectivity index (χ1) is 19.8. The molecule has 0 bridgehead atoms. The Morgan fingerprint density at radius 2 is 1.80 bits per heavy atom. The molecule has 0 fully saturated rings. The van der Waals surface area contributed by atoms with Crippen LogP contribution in [0.5, 0.6) is 11.5 Å². The van der Waals surface area contributed by atoms with E-state index in [0.717, 1.165) is 25.6 Å². The summed E-state index contributed by atoms with van der Waals surface area (Å²) >= 11 is 8.32. The van der Waals surface area contributed by atoms with Gasteiger partial charge in [0, 0.05) is 4.47 Å². The monoisotopic (exact) mass is 696 g/mol. The van der Waals surface area contributed by atoms with Gasteiger partial charge in [0.1, 0.15) is 18.1 Å². The number of benzene rings is 3. The van der Waals surface area contributed by atoms with E-state index < -0.39 is 12.0 Å². The fourth-order valence-corrected chi connectivity index (χ4v) is 6.33. The predicted molar refractivity (Wildman–Crippen MR) is 166 cm³/mol. The van der Waals surface area contributed by atoms with Crippen molar-refractivity contribution in [1.82, 2.24) is 4.57 Å². The largest absolute Gasteiger partial charge is 0.497 e. The summed E-state index contributed by atoms with van der Waals surface area (Å²) in [7, 11) is 1.59. The van der Waals surface area contributed by atoms with E-state index in [1.807, 2.05) is 60.7 Å². The lowest BCUT2D eigenvalue weighted by Gasteiger charge is -2.24. The number of fused-ring (bicyclic) bond motifs is 1. The number of aromatic nitrogens is 1. The van der Waals surface area contributed by atoms with Gasteiger partial charge in [-0.2, -0.15) is 0 Å². The quantitative estimate of drug-likeness (QED) is 0.214. The van der Waals surface area contributed by atoms with E-state index in [1.54, 1.807) is 37.7 Å². The van der Waals surface area contributed by atoms with Gasteiger partial charge in [-0.15, -0.1) is 0 Å². The second-order valence-corrected chi connectivity index (χ2v) is 12.0. The molecule has 0 aliphatic carbocycles. The summed E-state index contributed by atoms with van der Waals surface area (Å²) in [6.45, 7) is 4.16. The van der Waals surface area contributed by atoms with Crippen molar-refractivity contribution in [3.8, 4) is 11.5 Å². The molecule has 1 atom stereocenters. The number of allylic oxidation sites excluding steroid dienone is 1. The van der Waals surface area contributed by atoms with Crippen LogP contribution in [-0.4, -0.2) is 24.3 Å². The SMILES string of the molecule is CCOC(=O)C1=C(C)N=c2s/c(=C\c3ccc(OCc4ccc(Br)cc4)c(Br)c3)c(=O)n2[C@@H]1c1ccc(OC)cc1. The van der Waals surface area contributed by atoms with Crippen molar-refractivity contribution in [3.05, 3.63) is 123 Å². The molecule has 0 saturated carbocycles. The molecule has 2 heterocycles. The average molecular weight is 698 g/mol. The zero-order valence-electron chi connectivity index (χ0n) is 22.5. The minimum Gasteiger partial charge on any atom is -0.497 e. The van der Waals surface area contributed by atoms with E-state index in [0.29, 0.717) is 38.7 Å². The molecule has 0 amide bonds. The van der Waals surface area contributed by atoms with Crippen LogP contribution in [-0.2, 0) is 16.1 Å². The third kappa shape index (κ3) is 6.24. The summed E-state index contributed by atoms with van der Waals surface area (Å²) in [5.41, 5.74) is 3.24. The normalized spacial score (nSPS) is 14.9. The van der Waals surface area contributed by atoms with E-state index in [4.69, 9.17) is 14.2 Å². The number of halogens is 2. The number of hydrogen-bond acceptors (Lipinski definition) is 7. The lowest BCUT2D eigenvalue weighted by Crippen LogP contribution is -2.39. The average Bonchev–Trinajstić information content (AvgIpc) is 3.26. The maximum atomic E-state index is 13.8. The van der Waals surface area contributed by atoms with Gasteiger partial charge in [-0.05, 0) is 88.9 Å². The molecular weight excluding hydrogens is 672 g/mol. The maximum absolute atomic E-state index is 13.8. The highest BCUT2D eigenvalue weighted by atomic mass is 79.9. The van der Waals surface area contributed by atoms with Crippen molar-refractivity contribution < 1.29 is 19.0 Å². The van der Waals surface area contributed by atoms with E-state index in [1.165, 1.54) is 11.3 Å². The first kappa shape index (κ1) is 29.0. The summed E-state index contributed by atoms with van der Waals surface area (Å²) in [6.07, 6.45) is 1.82. The Labute approximate surface area is 257 Å². The van der Waals surface area contributed by atoms with Gasteiger partial charge in [0.15, 0.2) is 4.80 Å². The van der Waals surface area contributed by atoms with Crippen LogP contribution in [0.25, 0.3) is 6.08 Å². The van der Waals surface area contributed by atoms with E-state index in [9.17, 15) is 9.59 Å². The Morgan fingerprint density at radius 3 is 2.46 bits per heavy atom. The topological polar surface area (TPSA) is 79.1 Å². The van der Waals surface area contributed by atoms with Gasteiger partial charge in [0.25, 0.3) is 5.56 Å². The summed E-state index contributed by atoms with van der Waals surface area (Å²) in [5, 5.41) is 0. The van der Waals surface area contributed by atoms with E-state index in [-0.39, 0.29) is 12.2 Å². The first-order valence-corrected chi connectivity index (χ1v) is 15.2. The number of rotatable bonds is 8. The maximum Gasteiger partial charge on any atom is 0.338 e. The molecule has 0 unspecified atom stereocenters. The molecule has 41 heavy (non-hydrogen) atoms. The summed E-state index contributed by atoms with van der Waals surface area (Å²) in [4.78, 5) is 32.0. The number of carbonyl (C=O) groups is 1. The van der Waals surface area contributed by atoms with Crippen LogP contribution >= 0.6 is 43.2 Å². The Balaban J connectivity index is 1.51. The smallest absolute Gasteiger partial charge is 0.338 e. The van der Waals surface area contributed by atoms with E-state index >= 15 is 0 Å². The number of nitrogens with zero attached hydrogens (tertiary/aromatic N) is 2. The summed E-state index contributed by atoms with van der Waals surface area (Å²) in [5.74, 6) is 0.877. The van der Waals surface area contributed by atoms with Crippen LogP contribution in [0, 0.1) is 0 Å². The molecule has 1 aliphatic rings. The van der Waals surface area contributed by atoms with Crippen LogP contribution in [0.4, 0.5) is 0 Å². The highest BCUT2D eigenvalue weighted by molar-refractivity contribution is 9.10. The zero-order valence-corrected chi connectivity index (χ0v) is 26.5. The number of carbonyl (C=O) groups excluding carboxylic acids is 1. The number of methoxy groups -OCH3 is 1. The standard InChI is InChI=1S/C31H26Br2N2O5S/c1-4-39-30(37)27-18(2)34-31-35(28(27)21-8-12-23(38-3)13-9-21)29(36)26(41-31)16-20-7-14-25(24(33)15-20)40-17-19-5-10-22(32)11-6-19/h5-16,28H,4,17H2,1-3H3/b26-16-/t28-/m1/s1. The third-order valence-electron chi connectivity index (χ3n) is 6.51. The molecule has 210 valence electrons. The number of thiazole rings is 1. The highest BCUT2D eigenvalue weighted by Gasteiger charge is 2.33. The molecule has 10 heteroatoms. The fourth-order valence-electron chi connectivity index (χ4n) is 4.51. The molecule has 4 aromatic rings. The van der Waals surface area contributed by atoms with Gasteiger partial charge in [-0.1, -0.05) is 57.6 Å². The zero-order chi connectivity index (χ0) is 29.1. The van der Waals surface area contributed by atoms with Crippen molar-refractivity contribution in [2.75, 3.05) is 13.7 Å². The molecule has 7 nitrogen and oxygen atoms in total. The molecule has 1 aliphatic heterocycles. The summed E-state index contributed by atoms with van der Waals surface area (Å²) in [6, 6.07) is 20.3. The summed E-state index contributed by atoms with van der Waals surface area (Å²) < 4.78 is 20.5. The van der Waals surface area contributed by atoms with Gasteiger partial charge in [0.05, 0.1) is 40.0 Å². The van der Waals surface area contributed by atoms with Crippen molar-refractivity contribution in [2.24, 2.45) is 4.99 Å². The molecule has 1 aromatic heterocycles. The van der Waals surface area contributed by atoms with Crippen molar-refractivity contribution >= 4 is 55.2 Å². The van der Waals surface area contributed by atoms with Crippen LogP contribution in [0.1, 0.15) is 36.6 Å². The highest BCUT2D eigenvalue weighted by Crippen LogP contribution is 2.32. The van der Waals surface area contributed by atoms with Crippen LogP contribution in [0.3, 0.4) is 0 Å². The molecular formula is C31H26Br2N2O5S. The first-order valence-electron chi connectivity index (χ1n) is 12.8. The van der Waals surface area contributed by atoms with Gasteiger partial charge in [0.2, 0.25) is 0 Å². The van der Waals surface area contributed by atoms with Crippen LogP contribution in [0.2, 0.25) is 0 Å². The molecule has 0 spiro atoms. The number of hydrogen-bond donors (Lipinski definition) is 0. The lowest BCUT2D eigenvalue weighted by atomic mass is 9.96. The predicted octanol–water partition coefficient (Wildman–Crippen LogP) is 5.91. The second-order valence-electron chi connectivity index (χ2n) is 9.18. The Morgan fingerprint density at radius 1 is 1.07 bits per heavy atom. The Kier molecular flexibility index (Phi) is 8.91. The van der Waals surface area contributed by atoms with Crippen molar-refractivity contribution in [1.29, 1.82) is 0 Å². The minimum atomic E-state index is -0.681. The minimum absolute atomic E-state index is 0.215. The molecule has 5 rings (SSSR count). The van der Waals surface area contributed by atoms with Crippen molar-refractivity contribution in [3.63, 3.8) is 0 Å². The fraction of sp³-hybridized carbons (Fsp3) is 0.194. The van der Waals surface area contributed by atoms with Crippen LogP contribution < -0.4 is 24.4 Å². The number of esters is 1. The second kappa shape index (κ2) is 12.6. The van der Waals surface area contributed by atoms with Gasteiger partial charge in [-0.3, -0.25) is 9.36 Å².